The van der Waals surface area contributed by atoms with Crippen LogP contribution in [0.2, 0.25) is 0 Å². The van der Waals surface area contributed by atoms with Crippen LogP contribution in [0.4, 0.5) is 5.69 Å². The van der Waals surface area contributed by atoms with Crippen molar-refractivity contribution in [2.75, 3.05) is 37.4 Å². The minimum Gasteiger partial charge on any atom is -0.379 e. The van der Waals surface area contributed by atoms with Crippen LogP contribution in [0.5, 0.6) is 0 Å². The van der Waals surface area contributed by atoms with Gasteiger partial charge in [0.15, 0.2) is 5.16 Å². The van der Waals surface area contributed by atoms with Crippen LogP contribution < -0.4 is 5.32 Å². The van der Waals surface area contributed by atoms with Gasteiger partial charge in [0, 0.05) is 47.9 Å². The molecular weight excluding hydrogens is 464 g/mol. The maximum absolute atomic E-state index is 12.4. The van der Waals surface area contributed by atoms with Gasteiger partial charge >= 0.3 is 0 Å². The van der Waals surface area contributed by atoms with Crippen molar-refractivity contribution in [1.29, 1.82) is 0 Å². The van der Waals surface area contributed by atoms with Crippen molar-refractivity contribution in [2.45, 2.75) is 11.7 Å². The molecule has 0 atom stereocenters. The Morgan fingerprint density at radius 1 is 1.10 bits per heavy atom. The molecule has 0 unspecified atom stereocenters. The average molecular weight is 487 g/mol. The summed E-state index contributed by atoms with van der Waals surface area (Å²) in [4.78, 5) is 19.2. The zero-order valence-electron chi connectivity index (χ0n) is 16.5. The second kappa shape index (κ2) is 10.3. The highest BCUT2D eigenvalue weighted by molar-refractivity contribution is 9.10. The molecule has 1 aliphatic rings. The number of benzene rings is 2. The molecule has 30 heavy (non-hydrogen) atoms. The molecule has 156 valence electrons. The Labute approximate surface area is 188 Å². The molecule has 4 rings (SSSR count). The van der Waals surface area contributed by atoms with E-state index in [4.69, 9.17) is 4.74 Å². The number of hydrogen-bond acceptors (Lipinski definition) is 5. The van der Waals surface area contributed by atoms with E-state index < -0.39 is 0 Å². The van der Waals surface area contributed by atoms with Gasteiger partial charge in [0.25, 0.3) is 0 Å². The van der Waals surface area contributed by atoms with E-state index >= 15 is 0 Å². The molecule has 3 aromatic rings. The van der Waals surface area contributed by atoms with Gasteiger partial charge in [0.1, 0.15) is 0 Å². The maximum Gasteiger partial charge on any atom is 0.234 e. The molecule has 1 fully saturated rings. The Morgan fingerprint density at radius 3 is 2.57 bits per heavy atom. The fourth-order valence-corrected chi connectivity index (χ4v) is 4.27. The van der Waals surface area contributed by atoms with Crippen LogP contribution in [0.1, 0.15) is 5.56 Å². The van der Waals surface area contributed by atoms with E-state index in [1.54, 1.807) is 6.20 Å². The monoisotopic (exact) mass is 486 g/mol. The quantitative estimate of drug-likeness (QED) is 0.507. The molecule has 2 heterocycles. The van der Waals surface area contributed by atoms with Gasteiger partial charge in [-0.05, 0) is 42.0 Å². The largest absolute Gasteiger partial charge is 0.379 e. The molecule has 6 nitrogen and oxygen atoms in total. The number of halogens is 1. The second-order valence-corrected chi connectivity index (χ2v) is 8.84. The van der Waals surface area contributed by atoms with Crippen molar-refractivity contribution in [3.05, 3.63) is 71.0 Å². The Morgan fingerprint density at radius 2 is 1.83 bits per heavy atom. The molecular formula is C22H23BrN4O2S. The van der Waals surface area contributed by atoms with E-state index in [0.717, 1.165) is 53.9 Å². The number of nitrogens with zero attached hydrogens (tertiary/aromatic N) is 3. The summed E-state index contributed by atoms with van der Waals surface area (Å²) in [6.07, 6.45) is 3.64. The molecule has 0 aliphatic carbocycles. The van der Waals surface area contributed by atoms with Gasteiger partial charge in [0.05, 0.1) is 19.0 Å². The van der Waals surface area contributed by atoms with Crippen molar-refractivity contribution in [3.63, 3.8) is 0 Å². The predicted molar refractivity (Wildman–Crippen MR) is 123 cm³/mol. The van der Waals surface area contributed by atoms with Crippen LogP contribution in [-0.4, -0.2) is 52.4 Å². The van der Waals surface area contributed by atoms with E-state index in [1.807, 2.05) is 47.2 Å². The number of ether oxygens (including phenoxy) is 1. The summed E-state index contributed by atoms with van der Waals surface area (Å²) in [5.74, 6) is 0.245. The molecule has 8 heteroatoms. The van der Waals surface area contributed by atoms with Crippen LogP contribution in [0.15, 0.2) is 70.6 Å². The Kier molecular flexibility index (Phi) is 7.22. The Bertz CT molecular complexity index is 970. The van der Waals surface area contributed by atoms with Crippen molar-refractivity contribution in [3.8, 4) is 5.69 Å². The fraction of sp³-hybridized carbons (Fsp3) is 0.273. The number of amides is 1. The summed E-state index contributed by atoms with van der Waals surface area (Å²) >= 11 is 4.86. The van der Waals surface area contributed by atoms with Gasteiger partial charge in [-0.1, -0.05) is 39.8 Å². The van der Waals surface area contributed by atoms with Gasteiger partial charge in [0.2, 0.25) is 5.91 Å². The normalized spacial score (nSPS) is 14.6. The van der Waals surface area contributed by atoms with Gasteiger partial charge in [-0.15, -0.1) is 0 Å². The molecule has 1 aromatic heterocycles. The third-order valence-corrected chi connectivity index (χ3v) is 6.29. The second-order valence-electron chi connectivity index (χ2n) is 6.98. The number of aromatic nitrogens is 2. The SMILES string of the molecule is O=C(CSc1nccn1-c1ccc(Br)cc1)Nc1ccc(CN2CCOCC2)cc1. The Hall–Kier alpha value is -2.13. The lowest BCUT2D eigenvalue weighted by atomic mass is 10.2. The first kappa shape index (κ1) is 21.1. The number of carbonyl (C=O) groups excluding carboxylic acids is 1. The summed E-state index contributed by atoms with van der Waals surface area (Å²) < 4.78 is 8.39. The van der Waals surface area contributed by atoms with Gasteiger partial charge in [-0.2, -0.15) is 0 Å². The highest BCUT2D eigenvalue weighted by Gasteiger charge is 2.12. The zero-order chi connectivity index (χ0) is 20.8. The van der Waals surface area contributed by atoms with Crippen molar-refractivity contribution < 1.29 is 9.53 Å². The van der Waals surface area contributed by atoms with E-state index in [9.17, 15) is 4.79 Å². The molecule has 0 spiro atoms. The van der Waals surface area contributed by atoms with Gasteiger partial charge in [-0.25, -0.2) is 4.98 Å². The third-order valence-electron chi connectivity index (χ3n) is 4.79. The summed E-state index contributed by atoms with van der Waals surface area (Å²) in [7, 11) is 0. The number of morpholine rings is 1. The number of thioether (sulfide) groups is 1. The first-order valence-corrected chi connectivity index (χ1v) is 11.6. The lowest BCUT2D eigenvalue weighted by Crippen LogP contribution is -2.35. The topological polar surface area (TPSA) is 59.4 Å². The van der Waals surface area contributed by atoms with Crippen molar-refractivity contribution in [2.24, 2.45) is 0 Å². The lowest BCUT2D eigenvalue weighted by molar-refractivity contribution is -0.113. The number of rotatable bonds is 7. The summed E-state index contributed by atoms with van der Waals surface area (Å²) in [5, 5.41) is 3.75. The first-order valence-electron chi connectivity index (χ1n) is 9.78. The molecule has 1 aliphatic heterocycles. The number of hydrogen-bond donors (Lipinski definition) is 1. The number of imidazole rings is 1. The standard InChI is InChI=1S/C22H23BrN4O2S/c23-18-3-7-20(8-4-18)27-10-9-24-22(27)30-16-21(28)25-19-5-1-17(2-6-19)15-26-11-13-29-14-12-26/h1-10H,11-16H2,(H,25,28). The highest BCUT2D eigenvalue weighted by atomic mass is 79.9. The lowest BCUT2D eigenvalue weighted by Gasteiger charge is -2.26. The van der Waals surface area contributed by atoms with E-state index in [1.165, 1.54) is 17.3 Å². The molecule has 2 aromatic carbocycles. The van der Waals surface area contributed by atoms with E-state index in [2.05, 4.69) is 43.3 Å². The van der Waals surface area contributed by atoms with Crippen LogP contribution in [0.3, 0.4) is 0 Å². The third kappa shape index (κ3) is 5.72. The van der Waals surface area contributed by atoms with Crippen LogP contribution in [0, 0.1) is 0 Å². The minimum absolute atomic E-state index is 0.0497. The highest BCUT2D eigenvalue weighted by Crippen LogP contribution is 2.22. The molecule has 0 radical (unpaired) electrons. The zero-order valence-corrected chi connectivity index (χ0v) is 18.9. The van der Waals surface area contributed by atoms with Crippen LogP contribution in [-0.2, 0) is 16.1 Å². The predicted octanol–water partition coefficient (Wildman–Crippen LogP) is 4.20. The average Bonchev–Trinajstić information content (AvgIpc) is 3.24. The molecule has 0 saturated carbocycles. The molecule has 0 bridgehead atoms. The van der Waals surface area contributed by atoms with Gasteiger partial charge < -0.3 is 10.1 Å². The molecule has 1 N–H and O–H groups in total. The minimum atomic E-state index is -0.0497. The fourth-order valence-electron chi connectivity index (χ4n) is 3.23. The smallest absolute Gasteiger partial charge is 0.234 e. The van der Waals surface area contributed by atoms with Crippen molar-refractivity contribution >= 4 is 39.3 Å². The molecule has 1 amide bonds. The summed E-state index contributed by atoms with van der Waals surface area (Å²) in [6.45, 7) is 4.43. The van der Waals surface area contributed by atoms with E-state index in [0.29, 0.717) is 5.75 Å². The first-order chi connectivity index (χ1) is 14.7. The summed E-state index contributed by atoms with van der Waals surface area (Å²) in [5.41, 5.74) is 3.05. The summed E-state index contributed by atoms with van der Waals surface area (Å²) in [6, 6.07) is 16.0. The van der Waals surface area contributed by atoms with Gasteiger partial charge in [-0.3, -0.25) is 14.3 Å². The van der Waals surface area contributed by atoms with Crippen LogP contribution >= 0.6 is 27.7 Å². The van der Waals surface area contributed by atoms with E-state index in [-0.39, 0.29) is 5.91 Å². The Balaban J connectivity index is 1.29. The van der Waals surface area contributed by atoms with Crippen molar-refractivity contribution in [1.82, 2.24) is 14.5 Å². The van der Waals surface area contributed by atoms with Crippen LogP contribution in [0.25, 0.3) is 5.69 Å². The number of nitrogens with one attached hydrogen (secondary N) is 1. The maximum atomic E-state index is 12.4. The number of carbonyl (C=O) groups is 1. The number of anilines is 1. The molecule has 1 saturated heterocycles.